The van der Waals surface area contributed by atoms with Gasteiger partial charge in [-0.05, 0) is 96.8 Å². The predicted octanol–water partition coefficient (Wildman–Crippen LogP) is 7.73. The average Bonchev–Trinajstić information content (AvgIpc) is 1.63. The van der Waals surface area contributed by atoms with Gasteiger partial charge in [0.25, 0.3) is 11.8 Å². The second-order valence-corrected chi connectivity index (χ2v) is 27.8. The Morgan fingerprint density at radius 1 is 0.693 bits per heavy atom. The number of likely N-dealkylation sites (N-methyl/N-ethyl adjacent to an activating group) is 2. The third-order valence-electron chi connectivity index (χ3n) is 18.5. The highest BCUT2D eigenvalue weighted by molar-refractivity contribution is 7.16. The first kappa shape index (κ1) is 76.7. The molecular weight excluding hydrogens is 1370 g/mol. The fourth-order valence-corrected chi connectivity index (χ4v) is 14.4. The number of nitrogens with two attached hydrogens (primary N) is 2. The Morgan fingerprint density at radius 3 is 1.78 bits per heavy atom. The van der Waals surface area contributed by atoms with Crippen LogP contribution in [0.4, 0.5) is 31.4 Å². The van der Waals surface area contributed by atoms with Gasteiger partial charge in [-0.25, -0.2) is 14.4 Å². The fourth-order valence-electron chi connectivity index (χ4n) is 13.0. The Morgan fingerprint density at radius 2 is 1.24 bits per heavy atom. The first-order chi connectivity index (χ1) is 48.4. The van der Waals surface area contributed by atoms with Crippen LogP contribution in [0, 0.1) is 17.8 Å². The van der Waals surface area contributed by atoms with Crippen molar-refractivity contribution in [2.75, 3.05) is 86.8 Å². The number of amides is 8. The number of hydrogen-bond donors (Lipinski definition) is 9. The van der Waals surface area contributed by atoms with E-state index in [1.165, 1.54) is 30.8 Å². The van der Waals surface area contributed by atoms with Crippen LogP contribution in [0.25, 0.3) is 21.5 Å². The third kappa shape index (κ3) is 18.2. The number of carbonyl (C=O) groups excluding carboxylic acids is 9. The van der Waals surface area contributed by atoms with Crippen LogP contribution in [0.3, 0.4) is 0 Å². The second kappa shape index (κ2) is 34.9. The van der Waals surface area contributed by atoms with E-state index >= 15 is 0 Å². The molecule has 1 fully saturated rings. The van der Waals surface area contributed by atoms with E-state index in [2.05, 4.69) is 16.0 Å². The van der Waals surface area contributed by atoms with E-state index in [1.807, 2.05) is 24.3 Å². The smallest absolute Gasteiger partial charge is 0.415 e. The minimum Gasteiger partial charge on any atom is -0.461 e. The Kier molecular flexibility index (Phi) is 26.5. The number of aliphatic hydroxyl groups excluding tert-OH is 4. The van der Waals surface area contributed by atoms with Crippen molar-refractivity contribution in [2.24, 2.45) is 29.2 Å². The summed E-state index contributed by atoms with van der Waals surface area (Å²) in [7, 11) is 3.01. The van der Waals surface area contributed by atoms with Crippen molar-refractivity contribution < 1.29 is 82.5 Å². The van der Waals surface area contributed by atoms with Gasteiger partial charge < -0.3 is 91.2 Å². The van der Waals surface area contributed by atoms with E-state index in [4.69, 9.17) is 53.6 Å². The van der Waals surface area contributed by atoms with Crippen molar-refractivity contribution in [3.63, 3.8) is 0 Å². The number of fused-ring (bicyclic) bond motifs is 6. The van der Waals surface area contributed by atoms with Gasteiger partial charge in [0.05, 0.1) is 33.8 Å². The van der Waals surface area contributed by atoms with Gasteiger partial charge in [0.15, 0.2) is 5.78 Å². The molecule has 1 aromatic heterocycles. The number of unbranched alkanes of at least 4 members (excludes halogenated alkanes) is 1. The molecule has 101 heavy (non-hydrogen) atoms. The van der Waals surface area contributed by atoms with Crippen molar-refractivity contribution in [2.45, 2.75) is 121 Å². The number of halogens is 2. The molecule has 10 atom stereocenters. The van der Waals surface area contributed by atoms with Crippen LogP contribution in [0.1, 0.15) is 114 Å². The van der Waals surface area contributed by atoms with Crippen molar-refractivity contribution >= 4 is 127 Å². The Labute approximate surface area is 598 Å². The summed E-state index contributed by atoms with van der Waals surface area (Å²) >= 11 is 14.2. The van der Waals surface area contributed by atoms with E-state index in [1.54, 1.807) is 96.4 Å². The van der Waals surface area contributed by atoms with Crippen LogP contribution >= 0.6 is 34.5 Å². The van der Waals surface area contributed by atoms with Crippen LogP contribution in [-0.2, 0) is 35.3 Å². The van der Waals surface area contributed by atoms with Crippen LogP contribution in [0.5, 0.6) is 11.5 Å². The number of nitrogens with one attached hydrogen (secondary N) is 3. The van der Waals surface area contributed by atoms with E-state index < -0.39 is 97.0 Å². The van der Waals surface area contributed by atoms with E-state index in [0.717, 1.165) is 22.5 Å². The molecule has 4 heterocycles. The fraction of sp³-hybridized carbons (Fsp3) is 0.458. The quantitative estimate of drug-likeness (QED) is 0.0148. The number of urea groups is 1. The molecule has 3 aliphatic rings. The zero-order valence-electron chi connectivity index (χ0n) is 56.8. The Hall–Kier alpha value is -8.51. The van der Waals surface area contributed by atoms with Gasteiger partial charge in [0, 0.05) is 124 Å². The molecule has 9 rings (SSSR count). The number of nitrogens with zero attached hydrogens (tertiary/aromatic N) is 4. The SMILES string of the molecule is CC(=O)C[C@@H](CCCCN)C(=O)N[C@H](C(=O)C[C@@H](CCCNC(N)=O)C(=O)Nc1ccc(COC(=O)N(C)CCN(C)C(=O)Oc2cc3c(c4ccccc24)[C@H](CCl)CN3C(=O)c2ccc(C(=O)N3C[C@@H](CCl)c4c3cc(O[C@@H]3OC(CO)[C@H](O)[C@H](O)C3O)c3ccccc43)s2)cc1)C(C)C. The average molecular weight is 1450 g/mol. The molecule has 542 valence electrons. The van der Waals surface area contributed by atoms with E-state index in [-0.39, 0.29) is 121 Å². The predicted molar refractivity (Wildman–Crippen MR) is 382 cm³/mol. The molecule has 0 spiro atoms. The molecule has 8 amide bonds. The number of anilines is 3. The summed E-state index contributed by atoms with van der Waals surface area (Å²) < 4.78 is 23.6. The summed E-state index contributed by atoms with van der Waals surface area (Å²) in [6.07, 6.45) is -7.17. The summed E-state index contributed by atoms with van der Waals surface area (Å²) in [6.45, 7) is 5.14. The van der Waals surface area contributed by atoms with Crippen LogP contribution < -0.4 is 46.7 Å². The molecule has 2 unspecified atom stereocenters. The lowest BCUT2D eigenvalue weighted by molar-refractivity contribution is -0.277. The second-order valence-electron chi connectivity index (χ2n) is 26.1. The summed E-state index contributed by atoms with van der Waals surface area (Å²) in [6, 6.07) is 25.8. The van der Waals surface area contributed by atoms with Crippen molar-refractivity contribution in [1.29, 1.82) is 0 Å². The molecule has 11 N–H and O–H groups in total. The van der Waals surface area contributed by atoms with Gasteiger partial charge in [-0.2, -0.15) is 0 Å². The standard InChI is InChI=1S/C72H87Cl2N9O17S/c1-39(2)61(79-66(91)42(29-40(3)85)13-10-11-25-75)53(86)30-43(14-12-26-77-70(76)94)65(90)78-46-21-19-41(20-22-46)38-97-71(95)80(4)27-28-81(5)72(96)100-55-32-52-60(50-18-9-7-16-48(50)55)45(34-74)36-83(52)68(93)58-24-23-57(101-58)67(92)82-35-44(33-73)59-49-17-8-6-15-47(49)54(31-51(59)82)98-69-64(89)63(88)62(87)56(37-84)99-69/h6-9,15-24,31-32,39,42-45,56,61-64,69,84,87-89H,10-14,25-30,33-38,75H2,1-5H3,(H,78,90)(H,79,91)(H3,76,77,94)/t42-,43-,44-,45-,56?,61+,62+,63+,64?,69-/m1/s1. The number of rotatable bonds is 31. The maximum absolute atomic E-state index is 14.8. The molecule has 3 aliphatic heterocycles. The Balaban J connectivity index is 0.813. The molecule has 0 radical (unpaired) electrons. The lowest BCUT2D eigenvalue weighted by atomic mass is 9.88. The largest absolute Gasteiger partial charge is 0.461 e. The van der Waals surface area contributed by atoms with Crippen molar-refractivity contribution in [1.82, 2.24) is 20.4 Å². The number of hydrogen-bond acceptors (Lipinski definition) is 19. The summed E-state index contributed by atoms with van der Waals surface area (Å²) in [5.74, 6) is -4.15. The number of aliphatic hydroxyl groups is 4. The molecule has 6 aromatic rings. The highest BCUT2D eigenvalue weighted by Gasteiger charge is 2.46. The van der Waals surface area contributed by atoms with Gasteiger partial charge in [0.1, 0.15) is 48.3 Å². The van der Waals surface area contributed by atoms with Crippen molar-refractivity contribution in [3.05, 3.63) is 124 Å². The first-order valence-electron chi connectivity index (χ1n) is 33.6. The number of benzene rings is 5. The van der Waals surface area contributed by atoms with Gasteiger partial charge in [0.2, 0.25) is 18.1 Å². The molecule has 29 heteroatoms. The number of carbonyl (C=O) groups is 9. The Bertz CT molecular complexity index is 4010. The van der Waals surface area contributed by atoms with Gasteiger partial charge in [-0.3, -0.25) is 24.0 Å². The number of thiophene rings is 1. The summed E-state index contributed by atoms with van der Waals surface area (Å²) in [5.41, 5.74) is 14.3. The van der Waals surface area contributed by atoms with Gasteiger partial charge >= 0.3 is 18.2 Å². The number of ketones is 2. The number of ether oxygens (including phenoxy) is 4. The number of primary amides is 1. The molecular formula is C72H87Cl2N9O17S. The van der Waals surface area contributed by atoms with E-state index in [0.29, 0.717) is 76.4 Å². The van der Waals surface area contributed by atoms with E-state index in [9.17, 15) is 63.6 Å². The van der Waals surface area contributed by atoms with Crippen molar-refractivity contribution in [3.8, 4) is 11.5 Å². The summed E-state index contributed by atoms with van der Waals surface area (Å²) in [5, 5.41) is 52.5. The zero-order valence-corrected chi connectivity index (χ0v) is 59.1. The molecule has 0 bridgehead atoms. The maximum atomic E-state index is 14.8. The zero-order chi connectivity index (χ0) is 72.9. The van der Waals surface area contributed by atoms with Crippen LogP contribution in [0.2, 0.25) is 0 Å². The molecule has 5 aromatic carbocycles. The normalized spacial score (nSPS) is 19.4. The first-order valence-corrected chi connectivity index (χ1v) is 35.4. The van der Waals surface area contributed by atoms with Crippen LogP contribution in [-0.4, -0.2) is 192 Å². The van der Waals surface area contributed by atoms with Gasteiger partial charge in [-0.1, -0.05) is 80.9 Å². The molecule has 0 aliphatic carbocycles. The number of alkyl halides is 2. The molecule has 0 saturated carbocycles. The van der Waals surface area contributed by atoms with Crippen LogP contribution in [0.15, 0.2) is 97.1 Å². The number of Topliss-reactive ketones (excluding diaryl/α,β-unsaturated/α-hetero) is 2. The minimum absolute atomic E-state index is 0.0154. The maximum Gasteiger partial charge on any atom is 0.415 e. The summed E-state index contributed by atoms with van der Waals surface area (Å²) in [4.78, 5) is 128. The lowest BCUT2D eigenvalue weighted by Gasteiger charge is -2.39. The highest BCUT2D eigenvalue weighted by atomic mass is 35.5. The highest BCUT2D eigenvalue weighted by Crippen LogP contribution is 2.49. The topological polar surface area (TPSA) is 373 Å². The van der Waals surface area contributed by atoms with Gasteiger partial charge in [-0.15, -0.1) is 34.5 Å². The minimum atomic E-state index is -1.70. The third-order valence-corrected chi connectivity index (χ3v) is 20.3. The lowest BCUT2D eigenvalue weighted by Crippen LogP contribution is -2.60. The molecule has 1 saturated heterocycles. The molecule has 26 nitrogen and oxygen atoms in total. The monoisotopic (exact) mass is 1450 g/mol.